The highest BCUT2D eigenvalue weighted by molar-refractivity contribution is 7.89. The molecular formula is C22H27ClN2O2S. The van der Waals surface area contributed by atoms with Gasteiger partial charge in [-0.3, -0.25) is 0 Å². The van der Waals surface area contributed by atoms with Crippen molar-refractivity contribution in [2.45, 2.75) is 49.5 Å². The largest absolute Gasteiger partial charge is 0.369 e. The number of benzene rings is 2. The number of sulfonamides is 1. The van der Waals surface area contributed by atoms with E-state index in [0.29, 0.717) is 28.8 Å². The summed E-state index contributed by atoms with van der Waals surface area (Å²) in [5, 5.41) is 0.697. The molecule has 1 aliphatic heterocycles. The van der Waals surface area contributed by atoms with Crippen LogP contribution in [0.3, 0.4) is 0 Å². The van der Waals surface area contributed by atoms with E-state index >= 15 is 0 Å². The molecule has 6 heteroatoms. The summed E-state index contributed by atoms with van der Waals surface area (Å²) in [5.41, 5.74) is 2.32. The summed E-state index contributed by atoms with van der Waals surface area (Å²) in [4.78, 5) is 2.68. The number of hydrogen-bond acceptors (Lipinski definition) is 3. The van der Waals surface area contributed by atoms with Crippen LogP contribution >= 0.6 is 11.6 Å². The highest BCUT2D eigenvalue weighted by Crippen LogP contribution is 2.33. The van der Waals surface area contributed by atoms with Crippen LogP contribution < -0.4 is 9.62 Å². The Kier molecular flexibility index (Phi) is 5.95. The number of anilines is 1. The predicted octanol–water partition coefficient (Wildman–Crippen LogP) is 4.63. The van der Waals surface area contributed by atoms with E-state index in [2.05, 4.69) is 15.7 Å². The van der Waals surface area contributed by atoms with Crippen molar-refractivity contribution in [1.29, 1.82) is 0 Å². The second-order valence-corrected chi connectivity index (χ2v) is 10.2. The zero-order chi connectivity index (χ0) is 19.6. The Balaban J connectivity index is 1.56. The van der Waals surface area contributed by atoms with Gasteiger partial charge in [0.2, 0.25) is 10.0 Å². The molecule has 4 nitrogen and oxygen atoms in total. The van der Waals surface area contributed by atoms with E-state index in [9.17, 15) is 8.42 Å². The molecule has 0 saturated heterocycles. The molecule has 1 fully saturated rings. The van der Waals surface area contributed by atoms with Crippen LogP contribution in [-0.2, 0) is 16.4 Å². The molecule has 2 aromatic carbocycles. The molecule has 0 bridgehead atoms. The first-order valence-corrected chi connectivity index (χ1v) is 12.0. The maximum Gasteiger partial charge on any atom is 0.240 e. The number of rotatable bonds is 5. The van der Waals surface area contributed by atoms with Crippen LogP contribution in [0.1, 0.15) is 37.7 Å². The lowest BCUT2D eigenvalue weighted by molar-refractivity contribution is 0.352. The van der Waals surface area contributed by atoms with Gasteiger partial charge in [-0.05, 0) is 61.1 Å². The Labute approximate surface area is 172 Å². The van der Waals surface area contributed by atoms with Gasteiger partial charge in [0.1, 0.15) is 0 Å². The molecule has 0 amide bonds. The van der Waals surface area contributed by atoms with Crippen LogP contribution in [-0.4, -0.2) is 27.5 Å². The lowest BCUT2D eigenvalue weighted by Gasteiger charge is -2.39. The van der Waals surface area contributed by atoms with Crippen molar-refractivity contribution in [2.24, 2.45) is 5.92 Å². The van der Waals surface area contributed by atoms with Crippen molar-refractivity contribution in [2.75, 3.05) is 18.0 Å². The molecular weight excluding hydrogens is 392 g/mol. The first-order valence-electron chi connectivity index (χ1n) is 10.1. The van der Waals surface area contributed by atoms with Gasteiger partial charge < -0.3 is 4.90 Å². The highest BCUT2D eigenvalue weighted by Gasteiger charge is 2.30. The molecule has 2 aliphatic rings. The minimum absolute atomic E-state index is 0.167. The maximum atomic E-state index is 12.8. The minimum atomic E-state index is -3.54. The molecule has 1 aliphatic carbocycles. The summed E-state index contributed by atoms with van der Waals surface area (Å²) in [5.74, 6) is 0.682. The monoisotopic (exact) mass is 418 g/mol. The first-order chi connectivity index (χ1) is 13.5. The fourth-order valence-electron chi connectivity index (χ4n) is 4.54. The fraction of sp³-hybridized carbons (Fsp3) is 0.455. The van der Waals surface area contributed by atoms with E-state index in [0.717, 1.165) is 12.1 Å². The van der Waals surface area contributed by atoms with Crippen molar-refractivity contribution < 1.29 is 8.42 Å². The van der Waals surface area contributed by atoms with Crippen molar-refractivity contribution >= 4 is 27.3 Å². The van der Waals surface area contributed by atoms with Crippen LogP contribution in [0, 0.1) is 5.92 Å². The van der Waals surface area contributed by atoms with E-state index < -0.39 is 10.0 Å². The van der Waals surface area contributed by atoms with Gasteiger partial charge in [0, 0.05) is 29.8 Å². The standard InChI is InChI=1S/C22H27ClN2O2S/c23-19-11-12-22-18(13-19)14-20(16-25(22)15-17-7-3-1-4-8-17)24-28(26,27)21-9-5-2-6-10-21/h2,5-6,9-13,17,20,24H,1,3-4,7-8,14-16H2. The number of halogens is 1. The van der Waals surface area contributed by atoms with Gasteiger partial charge >= 0.3 is 0 Å². The van der Waals surface area contributed by atoms with E-state index in [1.54, 1.807) is 24.3 Å². The molecule has 1 heterocycles. The number of hydrogen-bond donors (Lipinski definition) is 1. The average molecular weight is 419 g/mol. The molecule has 0 radical (unpaired) electrons. The van der Waals surface area contributed by atoms with Gasteiger partial charge in [0.25, 0.3) is 0 Å². The van der Waals surface area contributed by atoms with Crippen molar-refractivity contribution in [3.63, 3.8) is 0 Å². The zero-order valence-corrected chi connectivity index (χ0v) is 17.6. The minimum Gasteiger partial charge on any atom is -0.369 e. The number of fused-ring (bicyclic) bond motifs is 1. The second kappa shape index (κ2) is 8.44. The summed E-state index contributed by atoms with van der Waals surface area (Å²) < 4.78 is 28.6. The normalized spacial score (nSPS) is 20.8. The smallest absolute Gasteiger partial charge is 0.240 e. The van der Waals surface area contributed by atoms with Crippen LogP contribution in [0.4, 0.5) is 5.69 Å². The Morgan fingerprint density at radius 2 is 1.79 bits per heavy atom. The Bertz CT molecular complexity index is 911. The van der Waals surface area contributed by atoms with Crippen LogP contribution in [0.25, 0.3) is 0 Å². The Morgan fingerprint density at radius 1 is 1.04 bits per heavy atom. The van der Waals surface area contributed by atoms with Crippen molar-refractivity contribution in [3.05, 3.63) is 59.1 Å². The third kappa shape index (κ3) is 4.53. The quantitative estimate of drug-likeness (QED) is 0.770. The first kappa shape index (κ1) is 19.7. The predicted molar refractivity (Wildman–Crippen MR) is 114 cm³/mol. The highest BCUT2D eigenvalue weighted by atomic mass is 35.5. The molecule has 4 rings (SSSR count). The number of nitrogens with one attached hydrogen (secondary N) is 1. The lowest BCUT2D eigenvalue weighted by atomic mass is 9.88. The van der Waals surface area contributed by atoms with Gasteiger partial charge in [-0.25, -0.2) is 13.1 Å². The average Bonchev–Trinajstić information content (AvgIpc) is 2.69. The molecule has 0 aromatic heterocycles. The SMILES string of the molecule is O=S(=O)(NC1Cc2cc(Cl)ccc2N(CC2CCCCC2)C1)c1ccccc1. The Morgan fingerprint density at radius 3 is 2.54 bits per heavy atom. The van der Waals surface area contributed by atoms with Crippen molar-refractivity contribution in [1.82, 2.24) is 4.72 Å². The molecule has 1 atom stereocenters. The summed E-state index contributed by atoms with van der Waals surface area (Å²) in [6.45, 7) is 1.68. The number of nitrogens with zero attached hydrogens (tertiary/aromatic N) is 1. The van der Waals surface area contributed by atoms with Gasteiger partial charge in [0.15, 0.2) is 0 Å². The third-order valence-corrected chi connectivity index (χ3v) is 7.64. The van der Waals surface area contributed by atoms with E-state index in [-0.39, 0.29) is 6.04 Å². The molecule has 0 spiro atoms. The van der Waals surface area contributed by atoms with Gasteiger partial charge in [0.05, 0.1) is 4.90 Å². The van der Waals surface area contributed by atoms with Crippen LogP contribution in [0.2, 0.25) is 5.02 Å². The molecule has 1 N–H and O–H groups in total. The fourth-order valence-corrected chi connectivity index (χ4v) is 5.98. The lowest BCUT2D eigenvalue weighted by Crippen LogP contribution is -2.49. The molecule has 2 aromatic rings. The van der Waals surface area contributed by atoms with Gasteiger partial charge in [-0.2, -0.15) is 0 Å². The summed E-state index contributed by atoms with van der Waals surface area (Å²) in [7, 11) is -3.54. The summed E-state index contributed by atoms with van der Waals surface area (Å²) >= 11 is 6.24. The maximum absolute atomic E-state index is 12.8. The molecule has 1 saturated carbocycles. The molecule has 150 valence electrons. The van der Waals surface area contributed by atoms with Crippen molar-refractivity contribution in [3.8, 4) is 0 Å². The Hall–Kier alpha value is -1.56. The van der Waals surface area contributed by atoms with E-state index in [1.807, 2.05) is 18.2 Å². The van der Waals surface area contributed by atoms with E-state index in [4.69, 9.17) is 11.6 Å². The van der Waals surface area contributed by atoms with E-state index in [1.165, 1.54) is 37.8 Å². The molecule has 28 heavy (non-hydrogen) atoms. The third-order valence-electron chi connectivity index (χ3n) is 5.87. The molecule has 1 unspecified atom stereocenters. The van der Waals surface area contributed by atoms with Gasteiger partial charge in [-0.15, -0.1) is 0 Å². The summed E-state index contributed by atoms with van der Waals surface area (Å²) in [6, 6.07) is 14.4. The second-order valence-electron chi connectivity index (χ2n) is 8.02. The van der Waals surface area contributed by atoms with Gasteiger partial charge in [-0.1, -0.05) is 49.1 Å². The summed E-state index contributed by atoms with van der Waals surface area (Å²) in [6.07, 6.45) is 7.12. The van der Waals surface area contributed by atoms with Crippen LogP contribution in [0.15, 0.2) is 53.4 Å². The zero-order valence-electron chi connectivity index (χ0n) is 16.0. The van der Waals surface area contributed by atoms with Crippen LogP contribution in [0.5, 0.6) is 0 Å². The topological polar surface area (TPSA) is 49.4 Å².